The van der Waals surface area contributed by atoms with E-state index >= 15 is 0 Å². The number of amides is 4. The van der Waals surface area contributed by atoms with Gasteiger partial charge in [-0.25, -0.2) is 5.48 Å². The molecule has 0 radical (unpaired) electrons. The molecular formula is C25H34N4O6. The lowest BCUT2D eigenvalue weighted by molar-refractivity contribution is -0.138. The topological polar surface area (TPSA) is 171 Å². The normalized spacial score (nSPS) is 12.9. The van der Waals surface area contributed by atoms with E-state index in [0.717, 1.165) is 17.5 Å². The SMILES string of the molecule is C.CCc1ccc(-c2ccc(C(=O)N[C@@H](CCC(N)=O)C(=O)N[C@H](C(=O)NO)[C@@H](C)O)cc2)cc1. The van der Waals surface area contributed by atoms with Gasteiger partial charge in [-0.2, -0.15) is 0 Å². The Morgan fingerprint density at radius 2 is 1.46 bits per heavy atom. The molecule has 0 aliphatic rings. The van der Waals surface area contributed by atoms with Crippen molar-refractivity contribution in [2.24, 2.45) is 5.73 Å². The molecule has 0 aliphatic heterocycles. The number of rotatable bonds is 11. The minimum absolute atomic E-state index is 0. The molecule has 4 amide bonds. The van der Waals surface area contributed by atoms with E-state index in [2.05, 4.69) is 17.6 Å². The van der Waals surface area contributed by atoms with E-state index in [0.29, 0.717) is 0 Å². The van der Waals surface area contributed by atoms with Crippen LogP contribution in [0.25, 0.3) is 11.1 Å². The van der Waals surface area contributed by atoms with Gasteiger partial charge in [0.25, 0.3) is 11.8 Å². The summed E-state index contributed by atoms with van der Waals surface area (Å²) in [4.78, 5) is 48.4. The van der Waals surface area contributed by atoms with E-state index in [4.69, 9.17) is 10.9 Å². The third kappa shape index (κ3) is 8.51. The zero-order valence-corrected chi connectivity index (χ0v) is 19.1. The Balaban J connectivity index is 0.00000612. The second-order valence-electron chi connectivity index (χ2n) is 7.86. The summed E-state index contributed by atoms with van der Waals surface area (Å²) in [5.41, 5.74) is 9.94. The van der Waals surface area contributed by atoms with Gasteiger partial charge < -0.3 is 21.5 Å². The van der Waals surface area contributed by atoms with Crippen molar-refractivity contribution in [3.05, 3.63) is 59.7 Å². The molecule has 2 aromatic rings. The molecule has 7 N–H and O–H groups in total. The van der Waals surface area contributed by atoms with Crippen molar-refractivity contribution in [1.82, 2.24) is 16.1 Å². The number of benzene rings is 2. The van der Waals surface area contributed by atoms with Crippen LogP contribution in [-0.2, 0) is 20.8 Å². The predicted octanol–water partition coefficient (Wildman–Crippen LogP) is 1.29. The smallest absolute Gasteiger partial charge is 0.268 e. The quantitative estimate of drug-likeness (QED) is 0.206. The Morgan fingerprint density at radius 1 is 0.914 bits per heavy atom. The fourth-order valence-corrected chi connectivity index (χ4v) is 3.27. The summed E-state index contributed by atoms with van der Waals surface area (Å²) < 4.78 is 0. The summed E-state index contributed by atoms with van der Waals surface area (Å²) in [6, 6.07) is 12.2. The van der Waals surface area contributed by atoms with Crippen LogP contribution in [-0.4, -0.2) is 52.1 Å². The number of nitrogens with one attached hydrogen (secondary N) is 3. The Labute approximate surface area is 204 Å². The molecule has 2 aromatic carbocycles. The van der Waals surface area contributed by atoms with Gasteiger partial charge in [0.2, 0.25) is 11.8 Å². The molecule has 0 aliphatic carbocycles. The molecule has 0 unspecified atom stereocenters. The number of hydroxylamine groups is 1. The van der Waals surface area contributed by atoms with E-state index in [1.165, 1.54) is 18.0 Å². The number of carbonyl (C=O) groups is 4. The first-order chi connectivity index (χ1) is 16.2. The van der Waals surface area contributed by atoms with Crippen LogP contribution in [0, 0.1) is 0 Å². The third-order valence-corrected chi connectivity index (χ3v) is 5.32. The van der Waals surface area contributed by atoms with Crippen molar-refractivity contribution >= 4 is 23.6 Å². The summed E-state index contributed by atoms with van der Waals surface area (Å²) in [5, 5.41) is 23.3. The lowest BCUT2D eigenvalue weighted by Gasteiger charge is -2.23. The molecule has 0 fully saturated rings. The summed E-state index contributed by atoms with van der Waals surface area (Å²) in [6.45, 7) is 3.32. The molecule has 3 atom stereocenters. The van der Waals surface area contributed by atoms with Crippen molar-refractivity contribution in [1.29, 1.82) is 0 Å². The summed E-state index contributed by atoms with van der Waals surface area (Å²) in [7, 11) is 0. The maximum Gasteiger partial charge on any atom is 0.268 e. The number of hydrogen-bond acceptors (Lipinski definition) is 6. The molecule has 2 rings (SSSR count). The number of nitrogens with two attached hydrogens (primary N) is 1. The van der Waals surface area contributed by atoms with Gasteiger partial charge >= 0.3 is 0 Å². The van der Waals surface area contributed by atoms with E-state index < -0.39 is 41.8 Å². The maximum atomic E-state index is 12.8. The summed E-state index contributed by atoms with van der Waals surface area (Å²) in [6.07, 6.45) is -0.715. The lowest BCUT2D eigenvalue weighted by atomic mass is 10.0. The number of aliphatic hydroxyl groups excluding tert-OH is 1. The van der Waals surface area contributed by atoms with E-state index in [1.807, 2.05) is 24.3 Å². The van der Waals surface area contributed by atoms with E-state index in [1.54, 1.807) is 24.3 Å². The minimum atomic E-state index is -1.47. The fourth-order valence-electron chi connectivity index (χ4n) is 3.27. The highest BCUT2D eigenvalue weighted by molar-refractivity contribution is 5.98. The molecule has 0 saturated carbocycles. The van der Waals surface area contributed by atoms with Gasteiger partial charge in [0.15, 0.2) is 0 Å². The molecule has 35 heavy (non-hydrogen) atoms. The average molecular weight is 487 g/mol. The van der Waals surface area contributed by atoms with Crippen LogP contribution in [0.3, 0.4) is 0 Å². The third-order valence-electron chi connectivity index (χ3n) is 5.32. The Bertz CT molecular complexity index is 1010. The highest BCUT2D eigenvalue weighted by Crippen LogP contribution is 2.20. The first-order valence-electron chi connectivity index (χ1n) is 10.9. The summed E-state index contributed by atoms with van der Waals surface area (Å²) in [5.74, 6) is -3.11. The monoisotopic (exact) mass is 486 g/mol. The number of carbonyl (C=O) groups excluding carboxylic acids is 4. The molecule has 0 spiro atoms. The standard InChI is InChI=1S/C24H30N4O6.CH4/c1-3-15-4-6-16(7-5-15)17-8-10-18(11-9-17)22(31)26-19(12-13-20(25)30)23(32)27-21(14(2)29)24(33)28-34;/h4-11,14,19,21,29,34H,3,12-13H2,1-2H3,(H2,25,30)(H,26,31)(H,27,32)(H,28,33);1H4/t14-,19+,21+;/m1./s1. The predicted molar refractivity (Wildman–Crippen MR) is 131 cm³/mol. The number of hydrogen-bond donors (Lipinski definition) is 6. The van der Waals surface area contributed by atoms with E-state index in [-0.39, 0.29) is 25.8 Å². The highest BCUT2D eigenvalue weighted by Gasteiger charge is 2.30. The molecule has 0 bridgehead atoms. The van der Waals surface area contributed by atoms with Crippen LogP contribution in [0.5, 0.6) is 0 Å². The highest BCUT2D eigenvalue weighted by atomic mass is 16.5. The Morgan fingerprint density at radius 3 is 1.91 bits per heavy atom. The van der Waals surface area contributed by atoms with Crippen molar-refractivity contribution in [3.8, 4) is 11.1 Å². The van der Waals surface area contributed by atoms with Gasteiger partial charge in [0.1, 0.15) is 12.1 Å². The van der Waals surface area contributed by atoms with Gasteiger partial charge in [0, 0.05) is 12.0 Å². The maximum absolute atomic E-state index is 12.8. The number of aryl methyl sites for hydroxylation is 1. The number of primary amides is 1. The van der Waals surface area contributed by atoms with Crippen LogP contribution >= 0.6 is 0 Å². The molecule has 190 valence electrons. The van der Waals surface area contributed by atoms with Gasteiger partial charge in [-0.05, 0) is 48.6 Å². The van der Waals surface area contributed by atoms with Crippen LogP contribution in [0.4, 0.5) is 0 Å². The molecule has 0 saturated heterocycles. The Kier molecular flexibility index (Phi) is 11.6. The second-order valence-corrected chi connectivity index (χ2v) is 7.86. The van der Waals surface area contributed by atoms with Gasteiger partial charge in [-0.1, -0.05) is 50.7 Å². The van der Waals surface area contributed by atoms with E-state index in [9.17, 15) is 24.3 Å². The zero-order valence-electron chi connectivity index (χ0n) is 19.1. The second kappa shape index (κ2) is 13.8. The van der Waals surface area contributed by atoms with Gasteiger partial charge in [-0.3, -0.25) is 24.4 Å². The Hall–Kier alpha value is -3.76. The molecular weight excluding hydrogens is 452 g/mol. The van der Waals surface area contributed by atoms with Crippen LogP contribution in [0.15, 0.2) is 48.5 Å². The summed E-state index contributed by atoms with van der Waals surface area (Å²) >= 11 is 0. The minimum Gasteiger partial charge on any atom is -0.391 e. The van der Waals surface area contributed by atoms with Crippen LogP contribution in [0.1, 0.15) is 50.0 Å². The first-order valence-corrected chi connectivity index (χ1v) is 10.9. The fraction of sp³-hybridized carbons (Fsp3) is 0.360. The van der Waals surface area contributed by atoms with Crippen LogP contribution < -0.4 is 21.8 Å². The number of aliphatic hydroxyl groups is 1. The molecule has 0 heterocycles. The van der Waals surface area contributed by atoms with Crippen molar-refractivity contribution in [3.63, 3.8) is 0 Å². The van der Waals surface area contributed by atoms with Crippen molar-refractivity contribution in [2.45, 2.75) is 58.7 Å². The van der Waals surface area contributed by atoms with Crippen molar-refractivity contribution in [2.75, 3.05) is 0 Å². The van der Waals surface area contributed by atoms with Crippen molar-refractivity contribution < 1.29 is 29.5 Å². The first kappa shape index (κ1) is 29.3. The lowest BCUT2D eigenvalue weighted by Crippen LogP contribution is -2.57. The molecule has 0 aromatic heterocycles. The molecule has 10 heteroatoms. The van der Waals surface area contributed by atoms with Gasteiger partial charge in [-0.15, -0.1) is 0 Å². The van der Waals surface area contributed by atoms with Gasteiger partial charge in [0.05, 0.1) is 6.10 Å². The average Bonchev–Trinajstić information content (AvgIpc) is 2.84. The largest absolute Gasteiger partial charge is 0.391 e. The molecule has 10 nitrogen and oxygen atoms in total. The zero-order chi connectivity index (χ0) is 25.3. The van der Waals surface area contributed by atoms with Crippen LogP contribution in [0.2, 0.25) is 0 Å².